The van der Waals surface area contributed by atoms with Gasteiger partial charge in [-0.1, -0.05) is 35.9 Å². The number of hydrogen-bond donors (Lipinski definition) is 2. The molecule has 0 fully saturated rings. The molecule has 6 heteroatoms. The molecule has 1 aromatic heterocycles. The number of aromatic nitrogens is 1. The summed E-state index contributed by atoms with van der Waals surface area (Å²) < 4.78 is 13.1. The number of benzene rings is 2. The standard InChI is InChI=1S/C23H21ClFN3O/c1-16(28-23(29)10-8-18-7-9-20(25)13-22(18)24)19-5-2-6-21(12-19)27-15-17-4-3-11-26-14-17/h2-14,16,27H,15H2,1H3,(H,28,29)/b10-8+/t16-/m0/s1. The number of hydrogen-bond acceptors (Lipinski definition) is 3. The fourth-order valence-electron chi connectivity index (χ4n) is 2.77. The van der Waals surface area contributed by atoms with E-state index in [0.29, 0.717) is 12.1 Å². The smallest absolute Gasteiger partial charge is 0.244 e. The molecule has 0 unspecified atom stereocenters. The van der Waals surface area contributed by atoms with E-state index in [2.05, 4.69) is 15.6 Å². The van der Waals surface area contributed by atoms with Crippen LogP contribution >= 0.6 is 11.6 Å². The molecule has 1 heterocycles. The van der Waals surface area contributed by atoms with Gasteiger partial charge in [-0.05, 0) is 60.0 Å². The Bertz CT molecular complexity index is 1010. The Labute approximate surface area is 174 Å². The van der Waals surface area contributed by atoms with Crippen molar-refractivity contribution in [2.75, 3.05) is 5.32 Å². The Hall–Kier alpha value is -3.18. The molecule has 3 rings (SSSR count). The van der Waals surface area contributed by atoms with Gasteiger partial charge in [-0.15, -0.1) is 0 Å². The Kier molecular flexibility index (Phi) is 6.98. The van der Waals surface area contributed by atoms with E-state index in [4.69, 9.17) is 11.6 Å². The molecule has 29 heavy (non-hydrogen) atoms. The molecule has 0 radical (unpaired) electrons. The summed E-state index contributed by atoms with van der Waals surface area (Å²) >= 11 is 5.97. The summed E-state index contributed by atoms with van der Waals surface area (Å²) in [5.74, 6) is -0.672. The summed E-state index contributed by atoms with van der Waals surface area (Å²) in [7, 11) is 0. The third-order valence-electron chi connectivity index (χ3n) is 4.34. The number of rotatable bonds is 7. The maximum Gasteiger partial charge on any atom is 0.244 e. The third kappa shape index (κ3) is 6.16. The summed E-state index contributed by atoms with van der Waals surface area (Å²) in [5, 5.41) is 6.53. The van der Waals surface area contributed by atoms with Crippen LogP contribution in [0.3, 0.4) is 0 Å². The van der Waals surface area contributed by atoms with Gasteiger partial charge >= 0.3 is 0 Å². The molecule has 2 aromatic carbocycles. The van der Waals surface area contributed by atoms with Crippen molar-refractivity contribution in [2.24, 2.45) is 0 Å². The van der Waals surface area contributed by atoms with Gasteiger partial charge < -0.3 is 10.6 Å². The maximum absolute atomic E-state index is 13.1. The van der Waals surface area contributed by atoms with Gasteiger partial charge in [0.1, 0.15) is 5.82 Å². The van der Waals surface area contributed by atoms with Gasteiger partial charge in [-0.2, -0.15) is 0 Å². The van der Waals surface area contributed by atoms with Crippen LogP contribution < -0.4 is 10.6 Å². The summed E-state index contributed by atoms with van der Waals surface area (Å²) in [4.78, 5) is 16.3. The number of anilines is 1. The molecule has 1 amide bonds. The van der Waals surface area contributed by atoms with Crippen LogP contribution in [0, 0.1) is 5.82 Å². The maximum atomic E-state index is 13.1. The minimum atomic E-state index is -0.415. The lowest BCUT2D eigenvalue weighted by Gasteiger charge is -2.15. The quantitative estimate of drug-likeness (QED) is 0.515. The molecular formula is C23H21ClFN3O. The van der Waals surface area contributed by atoms with Gasteiger partial charge in [0.05, 0.1) is 11.1 Å². The van der Waals surface area contributed by atoms with Crippen LogP contribution in [0.5, 0.6) is 0 Å². The fourth-order valence-corrected chi connectivity index (χ4v) is 3.00. The molecule has 1 atom stereocenters. The summed E-state index contributed by atoms with van der Waals surface area (Å²) in [6.45, 7) is 2.58. The van der Waals surface area contributed by atoms with Crippen molar-refractivity contribution >= 4 is 29.3 Å². The van der Waals surface area contributed by atoms with E-state index >= 15 is 0 Å². The molecule has 0 aliphatic rings. The molecule has 148 valence electrons. The Morgan fingerprint density at radius 2 is 2.07 bits per heavy atom. The summed E-state index contributed by atoms with van der Waals surface area (Å²) in [6, 6.07) is 15.6. The van der Waals surface area contributed by atoms with Crippen molar-refractivity contribution in [2.45, 2.75) is 19.5 Å². The van der Waals surface area contributed by atoms with E-state index in [-0.39, 0.29) is 17.0 Å². The van der Waals surface area contributed by atoms with Gasteiger partial charge in [-0.25, -0.2) is 4.39 Å². The molecule has 3 aromatic rings. The lowest BCUT2D eigenvalue weighted by atomic mass is 10.1. The second kappa shape index (κ2) is 9.85. The van der Waals surface area contributed by atoms with E-state index in [1.807, 2.05) is 49.5 Å². The predicted molar refractivity (Wildman–Crippen MR) is 115 cm³/mol. The zero-order chi connectivity index (χ0) is 20.6. The predicted octanol–water partition coefficient (Wildman–Crippen LogP) is 5.38. The summed E-state index contributed by atoms with van der Waals surface area (Å²) in [6.07, 6.45) is 6.52. The molecule has 0 bridgehead atoms. The van der Waals surface area contributed by atoms with Crippen molar-refractivity contribution in [3.05, 3.63) is 101 Å². The number of pyridine rings is 1. The first-order valence-corrected chi connectivity index (χ1v) is 9.55. The van der Waals surface area contributed by atoms with Crippen molar-refractivity contribution in [1.82, 2.24) is 10.3 Å². The molecule has 0 saturated heterocycles. The number of nitrogens with one attached hydrogen (secondary N) is 2. The summed E-state index contributed by atoms with van der Waals surface area (Å²) in [5.41, 5.74) is 3.60. The molecule has 0 spiro atoms. The van der Waals surface area contributed by atoms with Crippen molar-refractivity contribution in [3.63, 3.8) is 0 Å². The average molecular weight is 410 g/mol. The van der Waals surface area contributed by atoms with E-state index in [1.165, 1.54) is 24.3 Å². The highest BCUT2D eigenvalue weighted by Gasteiger charge is 2.08. The first-order chi connectivity index (χ1) is 14.0. The first kappa shape index (κ1) is 20.6. The van der Waals surface area contributed by atoms with Crippen LogP contribution in [0.4, 0.5) is 10.1 Å². The second-order valence-electron chi connectivity index (χ2n) is 6.57. The van der Waals surface area contributed by atoms with E-state index in [1.54, 1.807) is 12.3 Å². The molecule has 4 nitrogen and oxygen atoms in total. The highest BCUT2D eigenvalue weighted by atomic mass is 35.5. The van der Waals surface area contributed by atoms with E-state index in [9.17, 15) is 9.18 Å². The van der Waals surface area contributed by atoms with Gasteiger partial charge in [0.15, 0.2) is 0 Å². The first-order valence-electron chi connectivity index (χ1n) is 9.17. The average Bonchev–Trinajstić information content (AvgIpc) is 2.72. The lowest BCUT2D eigenvalue weighted by molar-refractivity contribution is -0.117. The molecule has 0 aliphatic heterocycles. The van der Waals surface area contributed by atoms with Crippen LogP contribution in [0.25, 0.3) is 6.08 Å². The fraction of sp³-hybridized carbons (Fsp3) is 0.130. The Balaban J connectivity index is 1.59. The minimum absolute atomic E-state index is 0.184. The van der Waals surface area contributed by atoms with Gasteiger partial charge in [0, 0.05) is 30.7 Å². The highest BCUT2D eigenvalue weighted by molar-refractivity contribution is 6.32. The highest BCUT2D eigenvalue weighted by Crippen LogP contribution is 2.20. The second-order valence-corrected chi connectivity index (χ2v) is 6.98. The van der Waals surface area contributed by atoms with E-state index in [0.717, 1.165) is 16.8 Å². The van der Waals surface area contributed by atoms with Crippen LogP contribution in [-0.4, -0.2) is 10.9 Å². The normalized spacial score (nSPS) is 12.0. The largest absolute Gasteiger partial charge is 0.381 e. The van der Waals surface area contributed by atoms with Crippen molar-refractivity contribution in [3.8, 4) is 0 Å². The van der Waals surface area contributed by atoms with Crippen LogP contribution in [0.15, 0.2) is 73.1 Å². The SMILES string of the molecule is C[C@H](NC(=O)/C=C/c1ccc(F)cc1Cl)c1cccc(NCc2cccnc2)c1. The Morgan fingerprint density at radius 1 is 1.21 bits per heavy atom. The molecule has 0 aliphatic carbocycles. The molecular weight excluding hydrogens is 389 g/mol. The van der Waals surface area contributed by atoms with Crippen LogP contribution in [0.2, 0.25) is 5.02 Å². The van der Waals surface area contributed by atoms with Crippen molar-refractivity contribution < 1.29 is 9.18 Å². The van der Waals surface area contributed by atoms with E-state index < -0.39 is 5.82 Å². The molecule has 2 N–H and O–H groups in total. The lowest BCUT2D eigenvalue weighted by Crippen LogP contribution is -2.24. The van der Waals surface area contributed by atoms with Crippen molar-refractivity contribution in [1.29, 1.82) is 0 Å². The number of nitrogens with zero attached hydrogens (tertiary/aromatic N) is 1. The number of carbonyl (C=O) groups excluding carboxylic acids is 1. The monoisotopic (exact) mass is 409 g/mol. The topological polar surface area (TPSA) is 54.0 Å². The number of carbonyl (C=O) groups is 1. The zero-order valence-corrected chi connectivity index (χ0v) is 16.7. The van der Waals surface area contributed by atoms with Crippen LogP contribution in [0.1, 0.15) is 29.7 Å². The van der Waals surface area contributed by atoms with Gasteiger partial charge in [-0.3, -0.25) is 9.78 Å². The Morgan fingerprint density at radius 3 is 2.83 bits per heavy atom. The zero-order valence-electron chi connectivity index (χ0n) is 15.9. The van der Waals surface area contributed by atoms with Gasteiger partial charge in [0.2, 0.25) is 5.91 Å². The van der Waals surface area contributed by atoms with Gasteiger partial charge in [0.25, 0.3) is 0 Å². The number of halogens is 2. The number of amides is 1. The minimum Gasteiger partial charge on any atom is -0.381 e. The third-order valence-corrected chi connectivity index (χ3v) is 4.67. The van der Waals surface area contributed by atoms with Crippen LogP contribution in [-0.2, 0) is 11.3 Å². The molecule has 0 saturated carbocycles.